The van der Waals surface area contributed by atoms with E-state index in [0.29, 0.717) is 36.0 Å². The molecule has 2 N–H and O–H groups in total. The number of aromatic nitrogens is 3. The highest BCUT2D eigenvalue weighted by molar-refractivity contribution is 5.76. The summed E-state index contributed by atoms with van der Waals surface area (Å²) in [5, 5.41) is 3.18. The fraction of sp³-hybridized carbons (Fsp3) is 0.333. The van der Waals surface area contributed by atoms with Gasteiger partial charge in [-0.3, -0.25) is 14.6 Å². The van der Waals surface area contributed by atoms with E-state index >= 15 is 0 Å². The monoisotopic (exact) mass is 402 g/mol. The first-order valence-electron chi connectivity index (χ1n) is 10.5. The van der Waals surface area contributed by atoms with Gasteiger partial charge in [0.25, 0.3) is 5.56 Å². The van der Waals surface area contributed by atoms with Crippen molar-refractivity contribution in [3.8, 4) is 11.5 Å². The molecule has 1 aliphatic rings. The average molecular weight is 402 g/mol. The van der Waals surface area contributed by atoms with Gasteiger partial charge in [0.15, 0.2) is 5.82 Å². The predicted molar refractivity (Wildman–Crippen MR) is 116 cm³/mol. The van der Waals surface area contributed by atoms with Crippen molar-refractivity contribution < 1.29 is 4.79 Å². The number of rotatable bonds is 7. The Hall–Kier alpha value is -3.28. The second-order valence-corrected chi connectivity index (χ2v) is 7.89. The number of hydrogen-bond donors (Lipinski definition) is 2. The van der Waals surface area contributed by atoms with Gasteiger partial charge in [0.2, 0.25) is 5.91 Å². The van der Waals surface area contributed by atoms with E-state index in [9.17, 15) is 9.59 Å². The van der Waals surface area contributed by atoms with E-state index < -0.39 is 0 Å². The summed E-state index contributed by atoms with van der Waals surface area (Å²) in [6, 6.07) is 16.6. The lowest BCUT2D eigenvalue weighted by atomic mass is 9.99. The van der Waals surface area contributed by atoms with Gasteiger partial charge < -0.3 is 10.3 Å². The van der Waals surface area contributed by atoms with Crippen LogP contribution in [0.25, 0.3) is 11.5 Å². The Labute approximate surface area is 175 Å². The van der Waals surface area contributed by atoms with E-state index in [4.69, 9.17) is 0 Å². The molecule has 1 aromatic carbocycles. The molecule has 0 unspecified atom stereocenters. The van der Waals surface area contributed by atoms with Crippen LogP contribution in [0, 0.1) is 5.92 Å². The van der Waals surface area contributed by atoms with E-state index in [1.54, 1.807) is 12.3 Å². The Kier molecular flexibility index (Phi) is 6.32. The summed E-state index contributed by atoms with van der Waals surface area (Å²) in [4.78, 5) is 36.6. The SMILES string of the molecule is O=C(CC1CCCC1)N[C@H](Cc1cc(=O)[nH]c(-c2ccccn2)n1)c1ccccc1. The number of pyridine rings is 1. The maximum absolute atomic E-state index is 12.7. The second-order valence-electron chi connectivity index (χ2n) is 7.89. The first-order chi connectivity index (χ1) is 14.7. The highest BCUT2D eigenvalue weighted by Gasteiger charge is 2.22. The third-order valence-corrected chi connectivity index (χ3v) is 5.60. The minimum atomic E-state index is -0.244. The Morgan fingerprint density at radius 1 is 1.10 bits per heavy atom. The van der Waals surface area contributed by atoms with Crippen LogP contribution in [-0.2, 0) is 11.2 Å². The molecule has 4 rings (SSSR count). The summed E-state index contributed by atoms with van der Waals surface area (Å²) >= 11 is 0. The van der Waals surface area contributed by atoms with Crippen molar-refractivity contribution in [1.82, 2.24) is 20.3 Å². The standard InChI is InChI=1S/C24H26N4O2/c29-22(14-17-8-4-5-9-17)27-21(18-10-2-1-3-11-18)15-19-16-23(30)28-24(26-19)20-12-6-7-13-25-20/h1-3,6-7,10-13,16-17,21H,4-5,8-9,14-15H2,(H,27,29)(H,26,28,30)/t21-/m1/s1. The molecule has 1 saturated carbocycles. The topological polar surface area (TPSA) is 87.7 Å². The average Bonchev–Trinajstić information content (AvgIpc) is 3.27. The summed E-state index contributed by atoms with van der Waals surface area (Å²) in [7, 11) is 0. The van der Waals surface area contributed by atoms with E-state index in [-0.39, 0.29) is 17.5 Å². The van der Waals surface area contributed by atoms with Crippen LogP contribution in [0.3, 0.4) is 0 Å². The number of H-pyrrole nitrogens is 1. The third kappa shape index (κ3) is 5.20. The molecule has 0 aliphatic heterocycles. The molecule has 6 nitrogen and oxygen atoms in total. The molecular formula is C24H26N4O2. The number of aromatic amines is 1. The van der Waals surface area contributed by atoms with Crippen molar-refractivity contribution in [2.75, 3.05) is 0 Å². The molecule has 0 radical (unpaired) electrons. The fourth-order valence-corrected chi connectivity index (χ4v) is 4.11. The number of benzene rings is 1. The largest absolute Gasteiger partial charge is 0.349 e. The van der Waals surface area contributed by atoms with Crippen LogP contribution in [-0.4, -0.2) is 20.9 Å². The molecule has 30 heavy (non-hydrogen) atoms. The van der Waals surface area contributed by atoms with Gasteiger partial charge in [-0.15, -0.1) is 0 Å². The molecule has 1 atom stereocenters. The molecule has 0 spiro atoms. The summed E-state index contributed by atoms with van der Waals surface area (Å²) in [6.07, 6.45) is 7.35. The first-order valence-corrected chi connectivity index (χ1v) is 10.5. The molecule has 154 valence electrons. The summed E-state index contributed by atoms with van der Waals surface area (Å²) in [6.45, 7) is 0. The number of hydrogen-bond acceptors (Lipinski definition) is 4. The number of carbonyl (C=O) groups excluding carboxylic acids is 1. The lowest BCUT2D eigenvalue weighted by Gasteiger charge is -2.20. The minimum Gasteiger partial charge on any atom is -0.349 e. The van der Waals surface area contributed by atoms with Gasteiger partial charge in [-0.05, 0) is 36.5 Å². The van der Waals surface area contributed by atoms with Gasteiger partial charge in [-0.25, -0.2) is 4.98 Å². The van der Waals surface area contributed by atoms with Crippen LogP contribution >= 0.6 is 0 Å². The smallest absolute Gasteiger partial charge is 0.251 e. The van der Waals surface area contributed by atoms with Gasteiger partial charge in [-0.1, -0.05) is 49.2 Å². The van der Waals surface area contributed by atoms with E-state index in [2.05, 4.69) is 20.3 Å². The summed E-state index contributed by atoms with van der Waals surface area (Å²) in [5.41, 5.74) is 2.00. The lowest BCUT2D eigenvalue weighted by Crippen LogP contribution is -2.31. The molecule has 6 heteroatoms. The number of nitrogens with one attached hydrogen (secondary N) is 2. The van der Waals surface area contributed by atoms with Crippen molar-refractivity contribution in [3.05, 3.63) is 82.4 Å². The van der Waals surface area contributed by atoms with Crippen LogP contribution < -0.4 is 10.9 Å². The predicted octanol–water partition coefficient (Wildman–Crippen LogP) is 3.81. The summed E-state index contributed by atoms with van der Waals surface area (Å²) < 4.78 is 0. The molecule has 2 heterocycles. The number of nitrogens with zero attached hydrogens (tertiary/aromatic N) is 2. The molecule has 1 fully saturated rings. The van der Waals surface area contributed by atoms with Gasteiger partial charge in [-0.2, -0.15) is 0 Å². The van der Waals surface area contributed by atoms with Gasteiger partial charge in [0.05, 0.1) is 11.7 Å². The van der Waals surface area contributed by atoms with E-state index in [0.717, 1.165) is 18.4 Å². The van der Waals surface area contributed by atoms with Crippen molar-refractivity contribution in [1.29, 1.82) is 0 Å². The molecule has 2 aromatic heterocycles. The number of carbonyl (C=O) groups is 1. The first kappa shape index (κ1) is 20.0. The van der Waals surface area contributed by atoms with E-state index in [1.165, 1.54) is 18.9 Å². The van der Waals surface area contributed by atoms with Crippen LogP contribution in [0.1, 0.15) is 49.4 Å². The molecular weight excluding hydrogens is 376 g/mol. The highest BCUT2D eigenvalue weighted by atomic mass is 16.1. The van der Waals surface area contributed by atoms with Gasteiger partial charge in [0.1, 0.15) is 5.69 Å². The maximum atomic E-state index is 12.7. The zero-order valence-corrected chi connectivity index (χ0v) is 16.9. The Morgan fingerprint density at radius 2 is 1.87 bits per heavy atom. The third-order valence-electron chi connectivity index (χ3n) is 5.60. The summed E-state index contributed by atoms with van der Waals surface area (Å²) in [5.74, 6) is 0.975. The normalized spacial score (nSPS) is 15.1. The lowest BCUT2D eigenvalue weighted by molar-refractivity contribution is -0.122. The van der Waals surface area contributed by atoms with Gasteiger partial charge in [0, 0.05) is 25.1 Å². The van der Waals surface area contributed by atoms with Crippen molar-refractivity contribution in [2.24, 2.45) is 5.92 Å². The van der Waals surface area contributed by atoms with Crippen LogP contribution in [0.4, 0.5) is 0 Å². The van der Waals surface area contributed by atoms with Crippen molar-refractivity contribution >= 4 is 5.91 Å². The number of amides is 1. The Bertz CT molecular complexity index is 1030. The van der Waals surface area contributed by atoms with Crippen molar-refractivity contribution in [3.63, 3.8) is 0 Å². The highest BCUT2D eigenvalue weighted by Crippen LogP contribution is 2.28. The zero-order valence-electron chi connectivity index (χ0n) is 16.9. The van der Waals surface area contributed by atoms with Crippen LogP contribution in [0.5, 0.6) is 0 Å². The molecule has 0 bridgehead atoms. The van der Waals surface area contributed by atoms with Crippen LogP contribution in [0.15, 0.2) is 65.6 Å². The molecule has 0 saturated heterocycles. The Balaban J connectivity index is 1.56. The zero-order chi connectivity index (χ0) is 20.8. The molecule has 3 aromatic rings. The minimum absolute atomic E-state index is 0.0607. The van der Waals surface area contributed by atoms with Crippen LogP contribution in [0.2, 0.25) is 0 Å². The maximum Gasteiger partial charge on any atom is 0.251 e. The second kappa shape index (κ2) is 9.48. The van der Waals surface area contributed by atoms with E-state index in [1.807, 2.05) is 42.5 Å². The fourth-order valence-electron chi connectivity index (χ4n) is 4.11. The quantitative estimate of drug-likeness (QED) is 0.629. The van der Waals surface area contributed by atoms with Gasteiger partial charge >= 0.3 is 0 Å². The Morgan fingerprint density at radius 3 is 2.60 bits per heavy atom. The molecule has 1 aliphatic carbocycles. The van der Waals surface area contributed by atoms with Crippen molar-refractivity contribution in [2.45, 2.75) is 44.6 Å². The molecule has 1 amide bonds.